The molecule has 20 heavy (non-hydrogen) atoms. The number of nitrogens with zero attached hydrogens (tertiary/aromatic N) is 1. The van der Waals surface area contributed by atoms with Crippen LogP contribution in [0.5, 0.6) is 0 Å². The van der Waals surface area contributed by atoms with Crippen LogP contribution in [-0.4, -0.2) is 82.9 Å². The number of rotatable bonds is 10. The fourth-order valence-electron chi connectivity index (χ4n) is 2.37. The largest absolute Gasteiger partial charge is 0.382 e. The molecule has 0 amide bonds. The fourth-order valence-corrected chi connectivity index (χ4v) is 2.37. The Morgan fingerprint density at radius 3 is 2.45 bits per heavy atom. The van der Waals surface area contributed by atoms with Crippen LogP contribution >= 0.6 is 0 Å². The van der Waals surface area contributed by atoms with Gasteiger partial charge in [-0.25, -0.2) is 0 Å². The molecule has 6 nitrogen and oxygen atoms in total. The SMILES string of the molecule is COCCOCCOCCN1CC(CN)OC(C)(C)C1. The molecule has 0 spiro atoms. The van der Waals surface area contributed by atoms with Gasteiger partial charge in [0.1, 0.15) is 0 Å². The van der Waals surface area contributed by atoms with Crippen LogP contribution < -0.4 is 5.73 Å². The zero-order chi connectivity index (χ0) is 14.8. The number of ether oxygens (including phenoxy) is 4. The summed E-state index contributed by atoms with van der Waals surface area (Å²) in [5.41, 5.74) is 5.58. The van der Waals surface area contributed by atoms with E-state index < -0.39 is 0 Å². The van der Waals surface area contributed by atoms with Crippen molar-refractivity contribution in [2.75, 3.05) is 66.3 Å². The Balaban J connectivity index is 2.06. The van der Waals surface area contributed by atoms with Crippen molar-refractivity contribution in [2.45, 2.75) is 25.6 Å². The van der Waals surface area contributed by atoms with Gasteiger partial charge in [0.25, 0.3) is 0 Å². The molecule has 1 aliphatic heterocycles. The smallest absolute Gasteiger partial charge is 0.0831 e. The standard InChI is InChI=1S/C14H30N2O4/c1-14(2)12-16(11-13(10-15)20-14)4-5-18-8-9-19-7-6-17-3/h13H,4-12,15H2,1-3H3. The maximum atomic E-state index is 5.90. The van der Waals surface area contributed by atoms with E-state index in [1.54, 1.807) is 7.11 Å². The summed E-state index contributed by atoms with van der Waals surface area (Å²) in [6, 6.07) is 0. The third kappa shape index (κ3) is 7.52. The van der Waals surface area contributed by atoms with Gasteiger partial charge in [0, 0.05) is 33.3 Å². The monoisotopic (exact) mass is 290 g/mol. The van der Waals surface area contributed by atoms with E-state index in [-0.39, 0.29) is 11.7 Å². The Hall–Kier alpha value is -0.240. The summed E-state index contributed by atoms with van der Waals surface area (Å²) in [5.74, 6) is 0. The molecule has 1 heterocycles. The fraction of sp³-hybridized carbons (Fsp3) is 1.00. The van der Waals surface area contributed by atoms with Gasteiger partial charge in [-0.3, -0.25) is 4.90 Å². The highest BCUT2D eigenvalue weighted by molar-refractivity contribution is 4.84. The Bertz CT molecular complexity index is 251. The predicted molar refractivity (Wildman–Crippen MR) is 78.0 cm³/mol. The highest BCUT2D eigenvalue weighted by Gasteiger charge is 2.32. The zero-order valence-corrected chi connectivity index (χ0v) is 13.1. The van der Waals surface area contributed by atoms with Gasteiger partial charge < -0.3 is 24.7 Å². The third-order valence-corrected chi connectivity index (χ3v) is 3.17. The topological polar surface area (TPSA) is 66.2 Å². The molecule has 0 radical (unpaired) electrons. The van der Waals surface area contributed by atoms with Crippen LogP contribution in [0.15, 0.2) is 0 Å². The predicted octanol–water partition coefficient (Wildman–Crippen LogP) is 0.104. The van der Waals surface area contributed by atoms with E-state index >= 15 is 0 Å². The van der Waals surface area contributed by atoms with Crippen LogP contribution in [0.4, 0.5) is 0 Å². The van der Waals surface area contributed by atoms with Gasteiger partial charge in [-0.1, -0.05) is 0 Å². The van der Waals surface area contributed by atoms with E-state index in [0.29, 0.717) is 39.6 Å². The Morgan fingerprint density at radius 2 is 1.80 bits per heavy atom. The molecule has 1 rings (SSSR count). The van der Waals surface area contributed by atoms with E-state index in [0.717, 1.165) is 19.6 Å². The van der Waals surface area contributed by atoms with Gasteiger partial charge in [-0.15, -0.1) is 0 Å². The average Bonchev–Trinajstić information content (AvgIpc) is 2.40. The zero-order valence-electron chi connectivity index (χ0n) is 13.1. The van der Waals surface area contributed by atoms with Crippen LogP contribution in [-0.2, 0) is 18.9 Å². The molecule has 0 aliphatic carbocycles. The second kappa shape index (κ2) is 9.65. The van der Waals surface area contributed by atoms with Crippen LogP contribution in [0.2, 0.25) is 0 Å². The summed E-state index contributed by atoms with van der Waals surface area (Å²) >= 11 is 0. The molecule has 0 saturated carbocycles. The highest BCUT2D eigenvalue weighted by Crippen LogP contribution is 2.20. The van der Waals surface area contributed by atoms with Crippen LogP contribution in [0.1, 0.15) is 13.8 Å². The number of methoxy groups -OCH3 is 1. The number of nitrogens with two attached hydrogens (primary N) is 1. The molecule has 1 fully saturated rings. The molecular formula is C14H30N2O4. The number of morpholine rings is 1. The minimum atomic E-state index is -0.133. The normalized spacial score (nSPS) is 23.1. The molecule has 1 unspecified atom stereocenters. The minimum absolute atomic E-state index is 0.121. The third-order valence-electron chi connectivity index (χ3n) is 3.17. The molecule has 2 N–H and O–H groups in total. The van der Waals surface area contributed by atoms with Gasteiger partial charge >= 0.3 is 0 Å². The van der Waals surface area contributed by atoms with Crippen molar-refractivity contribution >= 4 is 0 Å². The van der Waals surface area contributed by atoms with Crippen molar-refractivity contribution < 1.29 is 18.9 Å². The number of hydrogen-bond acceptors (Lipinski definition) is 6. The van der Waals surface area contributed by atoms with Crippen molar-refractivity contribution in [3.8, 4) is 0 Å². The van der Waals surface area contributed by atoms with Crippen molar-refractivity contribution in [1.29, 1.82) is 0 Å². The summed E-state index contributed by atoms with van der Waals surface area (Å²) in [6.07, 6.45) is 0.121. The number of hydrogen-bond donors (Lipinski definition) is 1. The second-order valence-corrected chi connectivity index (χ2v) is 5.69. The van der Waals surface area contributed by atoms with Gasteiger partial charge in [0.15, 0.2) is 0 Å². The first kappa shape index (κ1) is 17.8. The first-order valence-corrected chi connectivity index (χ1v) is 7.32. The molecule has 6 heteroatoms. The van der Waals surface area contributed by atoms with Gasteiger partial charge in [0.05, 0.1) is 44.7 Å². The van der Waals surface area contributed by atoms with Gasteiger partial charge in [0.2, 0.25) is 0 Å². The first-order valence-electron chi connectivity index (χ1n) is 7.32. The quantitative estimate of drug-likeness (QED) is 0.576. The van der Waals surface area contributed by atoms with Crippen LogP contribution in [0.3, 0.4) is 0 Å². The van der Waals surface area contributed by atoms with Crippen molar-refractivity contribution in [2.24, 2.45) is 5.73 Å². The maximum absolute atomic E-state index is 5.90. The minimum Gasteiger partial charge on any atom is -0.382 e. The first-order chi connectivity index (χ1) is 9.57. The summed E-state index contributed by atoms with van der Waals surface area (Å²) in [4.78, 5) is 2.35. The molecule has 0 aromatic heterocycles. The van der Waals surface area contributed by atoms with Gasteiger partial charge in [-0.05, 0) is 13.8 Å². The van der Waals surface area contributed by atoms with Gasteiger partial charge in [-0.2, -0.15) is 0 Å². The highest BCUT2D eigenvalue weighted by atomic mass is 16.5. The van der Waals surface area contributed by atoms with E-state index in [1.807, 2.05) is 0 Å². The summed E-state index contributed by atoms with van der Waals surface area (Å²) in [5, 5.41) is 0. The second-order valence-electron chi connectivity index (χ2n) is 5.69. The van der Waals surface area contributed by atoms with Crippen molar-refractivity contribution in [3.63, 3.8) is 0 Å². The lowest BCUT2D eigenvalue weighted by Crippen LogP contribution is -2.55. The molecule has 0 bridgehead atoms. The van der Waals surface area contributed by atoms with Crippen molar-refractivity contribution in [1.82, 2.24) is 4.90 Å². The molecule has 1 saturated heterocycles. The lowest BCUT2D eigenvalue weighted by Gasteiger charge is -2.42. The van der Waals surface area contributed by atoms with E-state index in [2.05, 4.69) is 18.7 Å². The molecule has 0 aromatic carbocycles. The molecule has 1 aliphatic rings. The molecule has 0 aromatic rings. The summed E-state index contributed by atoms with van der Waals surface area (Å²) in [6.45, 7) is 10.7. The molecule has 120 valence electrons. The maximum Gasteiger partial charge on any atom is 0.0831 e. The average molecular weight is 290 g/mol. The summed E-state index contributed by atoms with van der Waals surface area (Å²) < 4.78 is 21.7. The Labute approximate surface area is 122 Å². The van der Waals surface area contributed by atoms with Crippen LogP contribution in [0, 0.1) is 0 Å². The molecule has 1 atom stereocenters. The lowest BCUT2D eigenvalue weighted by molar-refractivity contribution is -0.134. The lowest BCUT2D eigenvalue weighted by atomic mass is 10.1. The Kier molecular flexibility index (Phi) is 8.60. The van der Waals surface area contributed by atoms with E-state index in [1.165, 1.54) is 0 Å². The van der Waals surface area contributed by atoms with E-state index in [4.69, 9.17) is 24.7 Å². The van der Waals surface area contributed by atoms with Crippen LogP contribution in [0.25, 0.3) is 0 Å². The molecular weight excluding hydrogens is 260 g/mol. The Morgan fingerprint density at radius 1 is 1.15 bits per heavy atom. The summed E-state index contributed by atoms with van der Waals surface area (Å²) in [7, 11) is 1.66. The van der Waals surface area contributed by atoms with Crippen molar-refractivity contribution in [3.05, 3.63) is 0 Å². The van der Waals surface area contributed by atoms with E-state index in [9.17, 15) is 0 Å².